The Morgan fingerprint density at radius 1 is 1.19 bits per heavy atom. The van der Waals surface area contributed by atoms with Gasteiger partial charge in [0.25, 0.3) is 10.1 Å². The average Bonchev–Trinajstić information content (AvgIpc) is 3.04. The summed E-state index contributed by atoms with van der Waals surface area (Å²) in [6.07, 6.45) is 2.37. The van der Waals surface area contributed by atoms with Crippen molar-refractivity contribution in [2.75, 3.05) is 7.11 Å². The number of aromatic amines is 1. The Hall–Kier alpha value is -2.68. The lowest BCUT2D eigenvalue weighted by Gasteiger charge is -2.07. The number of para-hydroxylation sites is 1. The molecule has 7 nitrogen and oxygen atoms in total. The largest absolute Gasteiger partial charge is 0.468 e. The van der Waals surface area contributed by atoms with Crippen LogP contribution in [-0.4, -0.2) is 37.1 Å². The van der Waals surface area contributed by atoms with Crippen LogP contribution >= 0.6 is 0 Å². The van der Waals surface area contributed by atoms with E-state index in [0.717, 1.165) is 22.0 Å². The van der Waals surface area contributed by atoms with Gasteiger partial charge in [0, 0.05) is 23.5 Å². The third-order valence-electron chi connectivity index (χ3n) is 3.94. The number of nitrogens with one attached hydrogen (secondary N) is 1. The number of aryl methyl sites for hydroxylation is 1. The van der Waals surface area contributed by atoms with Crippen LogP contribution in [0.25, 0.3) is 10.9 Å². The minimum Gasteiger partial charge on any atom is -0.468 e. The summed E-state index contributed by atoms with van der Waals surface area (Å²) in [5.41, 5.74) is 8.76. The number of aromatic nitrogens is 1. The molecule has 1 aromatic heterocycles. The van der Waals surface area contributed by atoms with Gasteiger partial charge in [0.2, 0.25) is 0 Å². The summed E-state index contributed by atoms with van der Waals surface area (Å²) in [6, 6.07) is 13.3. The maximum atomic E-state index is 11.2. The fraction of sp³-hybridized carbons (Fsp3) is 0.211. The average molecular weight is 390 g/mol. The van der Waals surface area contributed by atoms with Crippen LogP contribution in [0.5, 0.6) is 0 Å². The fourth-order valence-electron chi connectivity index (χ4n) is 2.48. The molecule has 8 heteroatoms. The van der Waals surface area contributed by atoms with E-state index in [0.29, 0.717) is 6.42 Å². The van der Waals surface area contributed by atoms with Crippen molar-refractivity contribution in [3.05, 3.63) is 65.9 Å². The molecular formula is C19H22N2O5S. The predicted molar refractivity (Wildman–Crippen MR) is 103 cm³/mol. The molecule has 0 spiro atoms. The van der Waals surface area contributed by atoms with Crippen LogP contribution < -0.4 is 5.73 Å². The minimum atomic E-state index is -4.02. The van der Waals surface area contributed by atoms with E-state index in [2.05, 4.69) is 9.72 Å². The van der Waals surface area contributed by atoms with E-state index in [1.165, 1.54) is 19.2 Å². The second kappa shape index (κ2) is 8.81. The Kier molecular flexibility index (Phi) is 6.73. The summed E-state index contributed by atoms with van der Waals surface area (Å²) in [5.74, 6) is -0.384. The van der Waals surface area contributed by atoms with Crippen molar-refractivity contribution in [3.63, 3.8) is 0 Å². The number of esters is 1. The number of ether oxygens (including phenoxy) is 1. The molecule has 3 aromatic rings. The molecule has 27 heavy (non-hydrogen) atoms. The summed E-state index contributed by atoms with van der Waals surface area (Å²) in [6.45, 7) is 1.84. The molecule has 0 saturated carbocycles. The smallest absolute Gasteiger partial charge is 0.322 e. The number of hydrogen-bond acceptors (Lipinski definition) is 5. The fourth-order valence-corrected chi connectivity index (χ4v) is 2.96. The molecule has 0 fully saturated rings. The third-order valence-corrected chi connectivity index (χ3v) is 4.81. The molecule has 0 bridgehead atoms. The highest BCUT2D eigenvalue weighted by atomic mass is 32.2. The molecule has 0 aliphatic rings. The number of methoxy groups -OCH3 is 1. The number of fused-ring (bicyclic) bond motifs is 1. The molecule has 0 amide bonds. The molecule has 0 aliphatic heterocycles. The Balaban J connectivity index is 0.000000208. The van der Waals surface area contributed by atoms with Crippen molar-refractivity contribution in [3.8, 4) is 0 Å². The van der Waals surface area contributed by atoms with E-state index >= 15 is 0 Å². The number of hydrogen-bond donors (Lipinski definition) is 3. The zero-order valence-corrected chi connectivity index (χ0v) is 15.9. The van der Waals surface area contributed by atoms with Gasteiger partial charge < -0.3 is 15.5 Å². The molecule has 0 aliphatic carbocycles. The Morgan fingerprint density at radius 3 is 2.41 bits per heavy atom. The van der Waals surface area contributed by atoms with E-state index in [1.54, 1.807) is 12.1 Å². The Labute approximate surface area is 157 Å². The number of carbonyl (C=O) groups excluding carboxylic acids is 1. The standard InChI is InChI=1S/C12H14N2O2.C7H8O3S/c1-16-12(15)10(13)6-8-7-14-11-5-3-2-4-9(8)11;1-6-2-4-7(5-3-6)11(8,9)10/h2-5,7,10,14H,6,13H2,1H3;2-5H,1H3,(H,8,9,10)/t10-;/m0./s1. The van der Waals surface area contributed by atoms with Crippen LogP contribution in [0.1, 0.15) is 11.1 Å². The van der Waals surface area contributed by atoms with Gasteiger partial charge in [-0.3, -0.25) is 9.35 Å². The molecule has 4 N–H and O–H groups in total. The number of H-pyrrole nitrogens is 1. The lowest BCUT2D eigenvalue weighted by Crippen LogP contribution is -2.33. The quantitative estimate of drug-likeness (QED) is 0.464. The summed E-state index contributed by atoms with van der Waals surface area (Å²) in [5, 5.41) is 1.10. The van der Waals surface area contributed by atoms with Gasteiger partial charge in [-0.1, -0.05) is 35.9 Å². The summed E-state index contributed by atoms with van der Waals surface area (Å²) in [7, 11) is -2.67. The highest BCUT2D eigenvalue weighted by Crippen LogP contribution is 2.18. The zero-order chi connectivity index (χ0) is 20.0. The van der Waals surface area contributed by atoms with Crippen molar-refractivity contribution in [1.29, 1.82) is 0 Å². The predicted octanol–water partition coefficient (Wildman–Crippen LogP) is 2.45. The highest BCUT2D eigenvalue weighted by molar-refractivity contribution is 7.85. The van der Waals surface area contributed by atoms with E-state index in [1.807, 2.05) is 37.4 Å². The van der Waals surface area contributed by atoms with Crippen molar-refractivity contribution in [1.82, 2.24) is 4.98 Å². The number of nitrogens with two attached hydrogens (primary N) is 1. The number of benzene rings is 2. The molecule has 2 aromatic carbocycles. The first-order chi connectivity index (χ1) is 12.7. The minimum absolute atomic E-state index is 0.0666. The molecule has 144 valence electrons. The lowest BCUT2D eigenvalue weighted by atomic mass is 10.1. The molecule has 0 saturated heterocycles. The van der Waals surface area contributed by atoms with Crippen LogP contribution in [0.15, 0.2) is 59.6 Å². The molecule has 1 atom stereocenters. The number of carbonyl (C=O) groups is 1. The van der Waals surface area contributed by atoms with Gasteiger partial charge in [-0.2, -0.15) is 8.42 Å². The van der Waals surface area contributed by atoms with Crippen molar-refractivity contribution in [2.45, 2.75) is 24.3 Å². The third kappa shape index (κ3) is 5.65. The van der Waals surface area contributed by atoms with Crippen LogP contribution in [0, 0.1) is 6.92 Å². The van der Waals surface area contributed by atoms with Gasteiger partial charge in [-0.05, 0) is 30.7 Å². The first-order valence-electron chi connectivity index (χ1n) is 8.15. The van der Waals surface area contributed by atoms with E-state index in [4.69, 9.17) is 10.3 Å². The molecular weight excluding hydrogens is 368 g/mol. The zero-order valence-electron chi connectivity index (χ0n) is 15.0. The van der Waals surface area contributed by atoms with Crippen LogP contribution in [0.3, 0.4) is 0 Å². The van der Waals surface area contributed by atoms with Crippen LogP contribution in [0.2, 0.25) is 0 Å². The summed E-state index contributed by atoms with van der Waals surface area (Å²) < 4.78 is 34.2. The first kappa shape index (κ1) is 20.6. The Bertz CT molecular complexity index is 1010. The first-order valence-corrected chi connectivity index (χ1v) is 9.59. The van der Waals surface area contributed by atoms with Gasteiger partial charge in [-0.25, -0.2) is 0 Å². The van der Waals surface area contributed by atoms with Crippen molar-refractivity contribution in [2.24, 2.45) is 5.73 Å². The van der Waals surface area contributed by atoms with Crippen LogP contribution in [-0.2, 0) is 26.1 Å². The monoisotopic (exact) mass is 390 g/mol. The van der Waals surface area contributed by atoms with Crippen molar-refractivity contribution >= 4 is 27.0 Å². The van der Waals surface area contributed by atoms with Gasteiger partial charge in [-0.15, -0.1) is 0 Å². The van der Waals surface area contributed by atoms with E-state index < -0.39 is 16.2 Å². The SMILES string of the molecule is COC(=O)[C@@H](N)Cc1c[nH]c2ccccc12.Cc1ccc(S(=O)(=O)O)cc1. The molecule has 0 unspecified atom stereocenters. The van der Waals surface area contributed by atoms with E-state index in [-0.39, 0.29) is 10.9 Å². The van der Waals surface area contributed by atoms with E-state index in [9.17, 15) is 13.2 Å². The highest BCUT2D eigenvalue weighted by Gasteiger charge is 2.16. The summed E-state index contributed by atoms with van der Waals surface area (Å²) in [4.78, 5) is 14.3. The maximum absolute atomic E-state index is 11.2. The second-order valence-electron chi connectivity index (χ2n) is 5.98. The van der Waals surface area contributed by atoms with Gasteiger partial charge >= 0.3 is 5.97 Å². The normalized spacial score (nSPS) is 12.1. The lowest BCUT2D eigenvalue weighted by molar-refractivity contribution is -0.142. The Morgan fingerprint density at radius 2 is 1.81 bits per heavy atom. The van der Waals surface area contributed by atoms with Gasteiger partial charge in [0.15, 0.2) is 0 Å². The second-order valence-corrected chi connectivity index (χ2v) is 7.40. The number of rotatable bonds is 4. The van der Waals surface area contributed by atoms with Crippen molar-refractivity contribution < 1.29 is 22.5 Å². The molecule has 3 rings (SSSR count). The van der Waals surface area contributed by atoms with Crippen LogP contribution in [0.4, 0.5) is 0 Å². The topological polar surface area (TPSA) is 122 Å². The summed E-state index contributed by atoms with van der Waals surface area (Å²) >= 11 is 0. The molecule has 1 heterocycles. The maximum Gasteiger partial charge on any atom is 0.322 e. The van der Waals surface area contributed by atoms with Gasteiger partial charge in [0.1, 0.15) is 6.04 Å². The van der Waals surface area contributed by atoms with Gasteiger partial charge in [0.05, 0.1) is 12.0 Å². The molecule has 0 radical (unpaired) electrons.